The molecule has 0 aromatic carbocycles. The number of nitrogens with two attached hydrogens (primary N) is 1. The Morgan fingerprint density at radius 2 is 2.00 bits per heavy atom. The van der Waals surface area contributed by atoms with Gasteiger partial charge in [0.05, 0.1) is 0 Å². The largest absolute Gasteiger partial charge is 0.271 e. The van der Waals surface area contributed by atoms with E-state index >= 15 is 0 Å². The lowest BCUT2D eigenvalue weighted by atomic mass is 10.1. The third kappa shape index (κ3) is 0.775. The van der Waals surface area contributed by atoms with Crippen molar-refractivity contribution in [1.29, 1.82) is 0 Å². The molecule has 0 radical (unpaired) electrons. The molecule has 2 aliphatic rings. The molecule has 0 bridgehead atoms. The van der Waals surface area contributed by atoms with Crippen LogP contribution in [-0.4, -0.2) is 6.54 Å². The van der Waals surface area contributed by atoms with Crippen LogP contribution in [0.25, 0.3) is 0 Å². The zero-order valence-corrected chi connectivity index (χ0v) is 5.64. The summed E-state index contributed by atoms with van der Waals surface area (Å²) in [6.45, 7) is 1.05. The third-order valence-corrected chi connectivity index (χ3v) is 2.94. The number of hydrazine groups is 1. The van der Waals surface area contributed by atoms with E-state index in [2.05, 4.69) is 5.43 Å². The van der Waals surface area contributed by atoms with Crippen LogP contribution in [0.5, 0.6) is 0 Å². The van der Waals surface area contributed by atoms with Crippen molar-refractivity contribution in [3.63, 3.8) is 0 Å². The molecule has 2 saturated carbocycles. The highest BCUT2D eigenvalue weighted by atomic mass is 15.2. The number of hydrogen-bond acceptors (Lipinski definition) is 2. The van der Waals surface area contributed by atoms with Crippen LogP contribution < -0.4 is 11.3 Å². The first kappa shape index (κ1) is 5.69. The average molecular weight is 126 g/mol. The van der Waals surface area contributed by atoms with E-state index in [0.29, 0.717) is 0 Å². The molecule has 2 aliphatic carbocycles. The summed E-state index contributed by atoms with van der Waals surface area (Å²) >= 11 is 0. The summed E-state index contributed by atoms with van der Waals surface area (Å²) in [5, 5.41) is 0. The number of fused-ring (bicyclic) bond motifs is 1. The first-order chi connectivity index (χ1) is 4.43. The van der Waals surface area contributed by atoms with Crippen molar-refractivity contribution in [1.82, 2.24) is 5.43 Å². The molecule has 2 nitrogen and oxygen atoms in total. The molecule has 2 heteroatoms. The lowest BCUT2D eigenvalue weighted by molar-refractivity contribution is 0.544. The van der Waals surface area contributed by atoms with Crippen LogP contribution in [0.4, 0.5) is 0 Å². The topological polar surface area (TPSA) is 38.0 Å². The molecule has 0 spiro atoms. The SMILES string of the molecule is NNCC1C2CCCC21. The Hall–Kier alpha value is -0.0800. The molecule has 0 saturated heterocycles. The Labute approximate surface area is 55.8 Å². The Bertz CT molecular complexity index is 103. The molecule has 0 aliphatic heterocycles. The van der Waals surface area contributed by atoms with Gasteiger partial charge in [0.1, 0.15) is 0 Å². The van der Waals surface area contributed by atoms with E-state index < -0.39 is 0 Å². The molecule has 2 atom stereocenters. The van der Waals surface area contributed by atoms with Crippen LogP contribution >= 0.6 is 0 Å². The summed E-state index contributed by atoms with van der Waals surface area (Å²) in [6, 6.07) is 0. The lowest BCUT2D eigenvalue weighted by Gasteiger charge is -1.99. The van der Waals surface area contributed by atoms with Crippen molar-refractivity contribution in [2.45, 2.75) is 19.3 Å². The van der Waals surface area contributed by atoms with E-state index in [4.69, 9.17) is 5.84 Å². The minimum Gasteiger partial charge on any atom is -0.271 e. The summed E-state index contributed by atoms with van der Waals surface area (Å²) in [4.78, 5) is 0. The maximum absolute atomic E-state index is 5.22. The second-order valence-corrected chi connectivity index (χ2v) is 3.33. The molecular weight excluding hydrogens is 112 g/mol. The van der Waals surface area contributed by atoms with E-state index in [1.165, 1.54) is 19.3 Å². The van der Waals surface area contributed by atoms with Gasteiger partial charge in [0.2, 0.25) is 0 Å². The van der Waals surface area contributed by atoms with Gasteiger partial charge in [-0.1, -0.05) is 6.42 Å². The van der Waals surface area contributed by atoms with Gasteiger partial charge < -0.3 is 0 Å². The smallest absolute Gasteiger partial charge is 0.0131 e. The van der Waals surface area contributed by atoms with E-state index in [0.717, 1.165) is 24.3 Å². The normalized spacial score (nSPS) is 47.0. The molecule has 0 heterocycles. The molecule has 2 fully saturated rings. The summed E-state index contributed by atoms with van der Waals surface area (Å²) < 4.78 is 0. The van der Waals surface area contributed by atoms with Gasteiger partial charge in [-0.25, -0.2) is 0 Å². The van der Waals surface area contributed by atoms with Crippen molar-refractivity contribution in [2.75, 3.05) is 6.54 Å². The number of rotatable bonds is 2. The fourth-order valence-electron chi connectivity index (χ4n) is 2.41. The molecule has 0 aromatic heterocycles. The first-order valence-electron chi connectivity index (χ1n) is 3.87. The highest BCUT2D eigenvalue weighted by Gasteiger charge is 2.51. The minimum absolute atomic E-state index is 0.948. The zero-order valence-electron chi connectivity index (χ0n) is 5.64. The Morgan fingerprint density at radius 3 is 2.56 bits per heavy atom. The molecule has 2 unspecified atom stereocenters. The van der Waals surface area contributed by atoms with Gasteiger partial charge in [0, 0.05) is 6.54 Å². The molecule has 2 rings (SSSR count). The Kier molecular flexibility index (Phi) is 1.24. The van der Waals surface area contributed by atoms with E-state index in [1.54, 1.807) is 0 Å². The van der Waals surface area contributed by atoms with Crippen LogP contribution in [0.2, 0.25) is 0 Å². The van der Waals surface area contributed by atoms with Gasteiger partial charge in [0.15, 0.2) is 0 Å². The molecule has 3 N–H and O–H groups in total. The Morgan fingerprint density at radius 1 is 1.33 bits per heavy atom. The number of hydrogen-bond donors (Lipinski definition) is 2. The standard InChI is InChI=1S/C7H14N2/c8-9-4-7-5-2-1-3-6(5)7/h5-7,9H,1-4,8H2. The minimum atomic E-state index is 0.948. The van der Waals surface area contributed by atoms with E-state index in [-0.39, 0.29) is 0 Å². The van der Waals surface area contributed by atoms with Crippen LogP contribution in [0.15, 0.2) is 0 Å². The number of nitrogens with one attached hydrogen (secondary N) is 1. The van der Waals surface area contributed by atoms with Gasteiger partial charge >= 0.3 is 0 Å². The quantitative estimate of drug-likeness (QED) is 0.417. The molecule has 0 aromatic rings. The summed E-state index contributed by atoms with van der Waals surface area (Å²) in [5.74, 6) is 8.28. The second-order valence-electron chi connectivity index (χ2n) is 3.33. The molecule has 0 amide bonds. The van der Waals surface area contributed by atoms with Crippen molar-refractivity contribution in [2.24, 2.45) is 23.6 Å². The van der Waals surface area contributed by atoms with E-state index in [1.807, 2.05) is 0 Å². The summed E-state index contributed by atoms with van der Waals surface area (Å²) in [6.07, 6.45) is 4.41. The average Bonchev–Trinajstić information content (AvgIpc) is 2.39. The van der Waals surface area contributed by atoms with Gasteiger partial charge in [-0.05, 0) is 30.6 Å². The van der Waals surface area contributed by atoms with E-state index in [9.17, 15) is 0 Å². The molecular formula is C7H14N2. The summed E-state index contributed by atoms with van der Waals surface area (Å²) in [7, 11) is 0. The van der Waals surface area contributed by atoms with Gasteiger partial charge in [-0.3, -0.25) is 11.3 Å². The highest BCUT2D eigenvalue weighted by Crippen LogP contribution is 2.56. The highest BCUT2D eigenvalue weighted by molar-refractivity contribution is 5.01. The van der Waals surface area contributed by atoms with Crippen molar-refractivity contribution >= 4 is 0 Å². The van der Waals surface area contributed by atoms with Crippen LogP contribution in [0.3, 0.4) is 0 Å². The predicted molar refractivity (Wildman–Crippen MR) is 36.5 cm³/mol. The van der Waals surface area contributed by atoms with Gasteiger partial charge in [-0.2, -0.15) is 0 Å². The fraction of sp³-hybridized carbons (Fsp3) is 1.00. The lowest BCUT2D eigenvalue weighted by Crippen LogP contribution is -2.25. The maximum Gasteiger partial charge on any atom is 0.0131 e. The second kappa shape index (κ2) is 1.96. The molecule has 9 heavy (non-hydrogen) atoms. The Balaban J connectivity index is 1.81. The van der Waals surface area contributed by atoms with Crippen molar-refractivity contribution in [3.05, 3.63) is 0 Å². The monoisotopic (exact) mass is 126 g/mol. The van der Waals surface area contributed by atoms with Crippen LogP contribution in [-0.2, 0) is 0 Å². The van der Waals surface area contributed by atoms with Gasteiger partial charge in [0.25, 0.3) is 0 Å². The predicted octanol–water partition coefficient (Wildman–Crippen LogP) is 0.496. The fourth-order valence-corrected chi connectivity index (χ4v) is 2.41. The van der Waals surface area contributed by atoms with Crippen LogP contribution in [0, 0.1) is 17.8 Å². The maximum atomic E-state index is 5.22. The van der Waals surface area contributed by atoms with Crippen molar-refractivity contribution in [3.8, 4) is 0 Å². The van der Waals surface area contributed by atoms with Crippen molar-refractivity contribution < 1.29 is 0 Å². The first-order valence-corrected chi connectivity index (χ1v) is 3.87. The van der Waals surface area contributed by atoms with Crippen LogP contribution in [0.1, 0.15) is 19.3 Å². The summed E-state index contributed by atoms with van der Waals surface area (Å²) in [5.41, 5.74) is 2.76. The third-order valence-electron chi connectivity index (χ3n) is 2.94. The van der Waals surface area contributed by atoms with Gasteiger partial charge in [-0.15, -0.1) is 0 Å². The molecule has 52 valence electrons. The zero-order chi connectivity index (χ0) is 6.27.